The van der Waals surface area contributed by atoms with Crippen LogP contribution in [0.2, 0.25) is 0 Å². The van der Waals surface area contributed by atoms with E-state index in [-0.39, 0.29) is 11.6 Å². The van der Waals surface area contributed by atoms with Crippen LogP contribution in [0.15, 0.2) is 10.7 Å². The van der Waals surface area contributed by atoms with E-state index in [1.54, 1.807) is 0 Å². The van der Waals surface area contributed by atoms with Crippen LogP contribution >= 0.6 is 15.9 Å². The maximum Gasteiger partial charge on any atom is 0.0714 e. The number of halogens is 1. The fraction of sp³-hybridized carbons (Fsp3) is 0.786. The van der Waals surface area contributed by atoms with Crippen molar-refractivity contribution in [3.8, 4) is 0 Å². The first kappa shape index (κ1) is 16.7. The maximum absolute atomic E-state index is 4.49. The van der Waals surface area contributed by atoms with Gasteiger partial charge in [0.05, 0.1) is 22.4 Å². The molecule has 4 nitrogen and oxygen atoms in total. The van der Waals surface area contributed by atoms with Crippen LogP contribution in [0.1, 0.15) is 45.3 Å². The van der Waals surface area contributed by atoms with E-state index in [1.165, 1.54) is 5.69 Å². The molecule has 1 heterocycles. The zero-order valence-corrected chi connectivity index (χ0v) is 14.6. The molecule has 0 aromatic carbocycles. The average Bonchev–Trinajstić information content (AvgIpc) is 2.72. The first-order valence-electron chi connectivity index (χ1n) is 6.98. The quantitative estimate of drug-likeness (QED) is 0.834. The zero-order chi connectivity index (χ0) is 14.6. The SMILES string of the molecule is CCCn1ncc(Br)c1C(NC)C(C)(CC)N(C)C. The number of likely N-dealkylation sites (N-methyl/N-ethyl adjacent to an activating group) is 2. The molecule has 0 fully saturated rings. The van der Waals surface area contributed by atoms with Crippen molar-refractivity contribution in [3.63, 3.8) is 0 Å². The minimum absolute atomic E-state index is 0.0444. The summed E-state index contributed by atoms with van der Waals surface area (Å²) in [6.07, 6.45) is 4.05. The van der Waals surface area contributed by atoms with E-state index in [0.717, 1.165) is 23.9 Å². The lowest BCUT2D eigenvalue weighted by atomic mass is 9.86. The van der Waals surface area contributed by atoms with E-state index in [2.05, 4.69) is 70.8 Å². The molecule has 2 atom stereocenters. The predicted molar refractivity (Wildman–Crippen MR) is 84.4 cm³/mol. The van der Waals surface area contributed by atoms with Gasteiger partial charge in [-0.3, -0.25) is 4.68 Å². The van der Waals surface area contributed by atoms with Crippen molar-refractivity contribution in [3.05, 3.63) is 16.4 Å². The Labute approximate surface area is 125 Å². The van der Waals surface area contributed by atoms with Gasteiger partial charge in [0.2, 0.25) is 0 Å². The summed E-state index contributed by atoms with van der Waals surface area (Å²) in [5, 5.41) is 7.98. The van der Waals surface area contributed by atoms with E-state index >= 15 is 0 Å². The Bertz CT molecular complexity index is 402. The van der Waals surface area contributed by atoms with E-state index in [0.29, 0.717) is 0 Å². The molecule has 0 aliphatic heterocycles. The highest BCUT2D eigenvalue weighted by Gasteiger charge is 2.37. The molecule has 0 saturated carbocycles. The maximum atomic E-state index is 4.49. The van der Waals surface area contributed by atoms with Gasteiger partial charge in [0, 0.05) is 12.1 Å². The summed E-state index contributed by atoms with van der Waals surface area (Å²) >= 11 is 3.66. The summed E-state index contributed by atoms with van der Waals surface area (Å²) < 4.78 is 3.20. The third-order valence-electron chi connectivity index (χ3n) is 4.19. The molecule has 2 unspecified atom stereocenters. The van der Waals surface area contributed by atoms with Crippen LogP contribution in [0.5, 0.6) is 0 Å². The first-order chi connectivity index (χ1) is 8.92. The van der Waals surface area contributed by atoms with Gasteiger partial charge in [-0.2, -0.15) is 5.10 Å². The second kappa shape index (κ2) is 6.86. The summed E-state index contributed by atoms with van der Waals surface area (Å²) in [6.45, 7) is 7.66. The number of aromatic nitrogens is 2. The molecule has 5 heteroatoms. The molecule has 1 N–H and O–H groups in total. The van der Waals surface area contributed by atoms with E-state index in [9.17, 15) is 0 Å². The summed E-state index contributed by atoms with van der Waals surface area (Å²) in [7, 11) is 6.31. The number of nitrogens with zero attached hydrogens (tertiary/aromatic N) is 3. The van der Waals surface area contributed by atoms with Gasteiger partial charge >= 0.3 is 0 Å². The number of aryl methyl sites for hydroxylation is 1. The summed E-state index contributed by atoms with van der Waals surface area (Å²) in [6, 6.07) is 0.232. The molecule has 0 aliphatic rings. The number of rotatable bonds is 7. The molecule has 0 spiro atoms. The normalized spacial score (nSPS) is 16.6. The Hall–Kier alpha value is -0.390. The average molecular weight is 331 g/mol. The monoisotopic (exact) mass is 330 g/mol. The van der Waals surface area contributed by atoms with Gasteiger partial charge in [-0.25, -0.2) is 0 Å². The van der Waals surface area contributed by atoms with Crippen molar-refractivity contribution in [1.82, 2.24) is 20.0 Å². The molecule has 0 bridgehead atoms. The van der Waals surface area contributed by atoms with E-state index in [1.807, 2.05) is 13.2 Å². The van der Waals surface area contributed by atoms with Gasteiger partial charge in [-0.05, 0) is 56.8 Å². The van der Waals surface area contributed by atoms with E-state index < -0.39 is 0 Å². The standard InChI is InChI=1S/C14H27BrN4/c1-7-9-19-12(11(15)10-17-19)13(16-4)14(3,8-2)18(5)6/h10,13,16H,7-9H2,1-6H3. The molecule has 0 saturated heterocycles. The largest absolute Gasteiger partial charge is 0.310 e. The lowest BCUT2D eigenvalue weighted by Crippen LogP contribution is -2.51. The van der Waals surface area contributed by atoms with Gasteiger partial charge in [0.25, 0.3) is 0 Å². The molecule has 19 heavy (non-hydrogen) atoms. The van der Waals surface area contributed by atoms with E-state index in [4.69, 9.17) is 0 Å². The van der Waals surface area contributed by atoms with Crippen LogP contribution in [-0.4, -0.2) is 41.4 Å². The molecular formula is C14H27BrN4. The molecule has 0 radical (unpaired) electrons. The van der Waals surface area contributed by atoms with Crippen molar-refractivity contribution >= 4 is 15.9 Å². The van der Waals surface area contributed by atoms with Crippen molar-refractivity contribution in [2.75, 3.05) is 21.1 Å². The summed E-state index contributed by atoms with van der Waals surface area (Å²) in [5.74, 6) is 0. The highest BCUT2D eigenvalue weighted by molar-refractivity contribution is 9.10. The number of hydrogen-bond acceptors (Lipinski definition) is 3. The summed E-state index contributed by atoms with van der Waals surface area (Å²) in [5.41, 5.74) is 1.28. The second-order valence-electron chi connectivity index (χ2n) is 5.43. The van der Waals surface area contributed by atoms with Crippen LogP contribution in [-0.2, 0) is 6.54 Å². The molecule has 110 valence electrons. The Kier molecular flexibility index (Phi) is 6.02. The third-order valence-corrected chi connectivity index (χ3v) is 4.80. The Morgan fingerprint density at radius 2 is 2.11 bits per heavy atom. The highest BCUT2D eigenvalue weighted by atomic mass is 79.9. The molecule has 1 rings (SSSR count). The number of hydrogen-bond donors (Lipinski definition) is 1. The van der Waals surface area contributed by atoms with Gasteiger partial charge in [-0.15, -0.1) is 0 Å². The molecule has 1 aromatic rings. The molecule has 0 aliphatic carbocycles. The smallest absolute Gasteiger partial charge is 0.0714 e. The first-order valence-corrected chi connectivity index (χ1v) is 7.77. The fourth-order valence-electron chi connectivity index (χ4n) is 2.57. The van der Waals surface area contributed by atoms with Gasteiger partial charge in [0.1, 0.15) is 0 Å². The zero-order valence-electron chi connectivity index (χ0n) is 13.0. The molecule has 1 aromatic heterocycles. The van der Waals surface area contributed by atoms with Crippen LogP contribution in [0.3, 0.4) is 0 Å². The van der Waals surface area contributed by atoms with Crippen LogP contribution in [0.25, 0.3) is 0 Å². The lowest BCUT2D eigenvalue weighted by molar-refractivity contribution is 0.112. The van der Waals surface area contributed by atoms with Gasteiger partial charge < -0.3 is 10.2 Å². The van der Waals surface area contributed by atoms with Crippen molar-refractivity contribution in [1.29, 1.82) is 0 Å². The summed E-state index contributed by atoms with van der Waals surface area (Å²) in [4.78, 5) is 2.30. The van der Waals surface area contributed by atoms with Crippen molar-refractivity contribution in [2.24, 2.45) is 0 Å². The molecule has 0 amide bonds. The third kappa shape index (κ3) is 3.20. The molecular weight excluding hydrogens is 304 g/mol. The number of nitrogens with one attached hydrogen (secondary N) is 1. The lowest BCUT2D eigenvalue weighted by Gasteiger charge is -2.42. The van der Waals surface area contributed by atoms with Crippen LogP contribution in [0, 0.1) is 0 Å². The minimum atomic E-state index is 0.0444. The topological polar surface area (TPSA) is 33.1 Å². The Morgan fingerprint density at radius 3 is 2.53 bits per heavy atom. The fourth-order valence-corrected chi connectivity index (χ4v) is 3.09. The van der Waals surface area contributed by atoms with Crippen LogP contribution in [0.4, 0.5) is 0 Å². The van der Waals surface area contributed by atoms with Crippen molar-refractivity contribution < 1.29 is 0 Å². The van der Waals surface area contributed by atoms with Gasteiger partial charge in [-0.1, -0.05) is 13.8 Å². The minimum Gasteiger partial charge on any atom is -0.310 e. The van der Waals surface area contributed by atoms with Gasteiger partial charge in [0.15, 0.2) is 0 Å². The Balaban J connectivity index is 3.26. The Morgan fingerprint density at radius 1 is 1.47 bits per heavy atom. The highest BCUT2D eigenvalue weighted by Crippen LogP contribution is 2.36. The second-order valence-corrected chi connectivity index (χ2v) is 6.28. The van der Waals surface area contributed by atoms with Crippen LogP contribution < -0.4 is 5.32 Å². The predicted octanol–water partition coefficient (Wildman–Crippen LogP) is 3.05. The van der Waals surface area contributed by atoms with Crippen molar-refractivity contribution in [2.45, 2.75) is 51.7 Å².